The lowest BCUT2D eigenvalue weighted by molar-refractivity contribution is -0.134. The van der Waals surface area contributed by atoms with Crippen LogP contribution in [0.3, 0.4) is 0 Å². The van der Waals surface area contributed by atoms with E-state index >= 15 is 0 Å². The summed E-state index contributed by atoms with van der Waals surface area (Å²) in [6.07, 6.45) is 10.7. The second kappa shape index (κ2) is 7.33. The number of aromatic nitrogens is 4. The van der Waals surface area contributed by atoms with E-state index in [9.17, 15) is 4.79 Å². The van der Waals surface area contributed by atoms with Crippen LogP contribution in [0, 0.1) is 11.3 Å². The Morgan fingerprint density at radius 1 is 1.36 bits per heavy atom. The highest BCUT2D eigenvalue weighted by molar-refractivity contribution is 5.76. The van der Waals surface area contributed by atoms with Crippen molar-refractivity contribution >= 4 is 5.91 Å². The molecule has 3 heterocycles. The van der Waals surface area contributed by atoms with Gasteiger partial charge in [-0.25, -0.2) is 9.97 Å². The summed E-state index contributed by atoms with van der Waals surface area (Å²) >= 11 is 0. The van der Waals surface area contributed by atoms with E-state index in [0.717, 1.165) is 49.6 Å². The number of amides is 1. The summed E-state index contributed by atoms with van der Waals surface area (Å²) in [4.78, 5) is 30.8. The first kappa shape index (κ1) is 17.6. The van der Waals surface area contributed by atoms with E-state index in [1.54, 1.807) is 18.6 Å². The number of rotatable bonds is 4. The second-order valence-corrected chi connectivity index (χ2v) is 8.12. The smallest absolute Gasteiger partial charge is 0.223 e. The molecule has 3 rings (SSSR count). The van der Waals surface area contributed by atoms with Gasteiger partial charge in [-0.2, -0.15) is 0 Å². The summed E-state index contributed by atoms with van der Waals surface area (Å²) in [5.74, 6) is 1.45. The highest BCUT2D eigenvalue weighted by Gasteiger charge is 2.27. The maximum Gasteiger partial charge on any atom is 0.223 e. The standard InChI is InChI=1S/C19H27N5O/c1-19(2,3)10-17(25)24-8-4-5-14(13-24)9-15-11-20-12-16(23-15)18-21-6-7-22-18/h6-7,11-12,14H,4-5,8-10,13H2,1-3H3,(H,21,22). The van der Waals surface area contributed by atoms with Crippen molar-refractivity contribution in [2.75, 3.05) is 13.1 Å². The molecule has 2 aromatic heterocycles. The van der Waals surface area contributed by atoms with Crippen molar-refractivity contribution < 1.29 is 4.79 Å². The molecule has 0 bridgehead atoms. The topological polar surface area (TPSA) is 74.8 Å². The zero-order valence-corrected chi connectivity index (χ0v) is 15.3. The van der Waals surface area contributed by atoms with Crippen molar-refractivity contribution in [3.63, 3.8) is 0 Å². The summed E-state index contributed by atoms with van der Waals surface area (Å²) < 4.78 is 0. The van der Waals surface area contributed by atoms with E-state index in [4.69, 9.17) is 0 Å². The molecule has 1 unspecified atom stereocenters. The Morgan fingerprint density at radius 3 is 2.92 bits per heavy atom. The number of hydrogen-bond donors (Lipinski definition) is 1. The average molecular weight is 341 g/mol. The van der Waals surface area contributed by atoms with E-state index in [1.807, 2.05) is 11.1 Å². The molecule has 0 spiro atoms. The van der Waals surface area contributed by atoms with E-state index in [2.05, 4.69) is 40.7 Å². The Hall–Kier alpha value is -2.24. The molecule has 1 fully saturated rings. The zero-order chi connectivity index (χ0) is 17.9. The highest BCUT2D eigenvalue weighted by atomic mass is 16.2. The molecule has 1 aliphatic rings. The number of nitrogens with zero attached hydrogens (tertiary/aromatic N) is 4. The van der Waals surface area contributed by atoms with Gasteiger partial charge in [-0.3, -0.25) is 9.78 Å². The van der Waals surface area contributed by atoms with Gasteiger partial charge in [0.1, 0.15) is 5.69 Å². The van der Waals surface area contributed by atoms with Gasteiger partial charge in [-0.05, 0) is 30.6 Å². The number of hydrogen-bond acceptors (Lipinski definition) is 4. The normalized spacial score (nSPS) is 18.4. The minimum absolute atomic E-state index is 0.0346. The maximum atomic E-state index is 12.5. The van der Waals surface area contributed by atoms with Gasteiger partial charge in [-0.1, -0.05) is 20.8 Å². The van der Waals surface area contributed by atoms with Crippen LogP contribution in [0.4, 0.5) is 0 Å². The van der Waals surface area contributed by atoms with Gasteiger partial charge in [0.05, 0.1) is 11.9 Å². The molecule has 0 radical (unpaired) electrons. The first-order valence-corrected chi connectivity index (χ1v) is 8.99. The molecule has 1 atom stereocenters. The molecule has 1 aliphatic heterocycles. The van der Waals surface area contributed by atoms with E-state index in [0.29, 0.717) is 12.3 Å². The fourth-order valence-electron chi connectivity index (χ4n) is 3.34. The molecule has 1 saturated heterocycles. The predicted molar refractivity (Wildman–Crippen MR) is 96.7 cm³/mol. The lowest BCUT2D eigenvalue weighted by Crippen LogP contribution is -2.41. The molecule has 0 aromatic carbocycles. The van der Waals surface area contributed by atoms with Crippen LogP contribution in [-0.2, 0) is 11.2 Å². The number of piperidine rings is 1. The fraction of sp³-hybridized carbons (Fsp3) is 0.579. The Kier molecular flexibility index (Phi) is 5.16. The third kappa shape index (κ3) is 4.87. The third-order valence-corrected chi connectivity index (χ3v) is 4.48. The number of nitrogens with one attached hydrogen (secondary N) is 1. The number of carbonyl (C=O) groups is 1. The van der Waals surface area contributed by atoms with E-state index < -0.39 is 0 Å². The minimum atomic E-state index is 0.0346. The summed E-state index contributed by atoms with van der Waals surface area (Å²) in [5, 5.41) is 0. The Morgan fingerprint density at radius 2 is 2.20 bits per heavy atom. The second-order valence-electron chi connectivity index (χ2n) is 8.12. The molecule has 134 valence electrons. The monoisotopic (exact) mass is 341 g/mol. The maximum absolute atomic E-state index is 12.5. The largest absolute Gasteiger partial charge is 0.343 e. The van der Waals surface area contributed by atoms with Gasteiger partial charge in [0.2, 0.25) is 5.91 Å². The molecule has 6 heteroatoms. The van der Waals surface area contributed by atoms with Crippen LogP contribution in [0.2, 0.25) is 0 Å². The molecule has 1 N–H and O–H groups in total. The van der Waals surface area contributed by atoms with Crippen LogP contribution in [0.5, 0.6) is 0 Å². The van der Waals surface area contributed by atoms with Crippen LogP contribution in [-0.4, -0.2) is 43.8 Å². The lowest BCUT2D eigenvalue weighted by atomic mass is 9.89. The molecular formula is C19H27N5O. The first-order valence-electron chi connectivity index (χ1n) is 8.99. The van der Waals surface area contributed by atoms with Crippen LogP contribution < -0.4 is 0 Å². The van der Waals surface area contributed by atoms with Crippen molar-refractivity contribution in [1.29, 1.82) is 0 Å². The van der Waals surface area contributed by atoms with Gasteiger partial charge >= 0.3 is 0 Å². The molecule has 2 aromatic rings. The average Bonchev–Trinajstić information content (AvgIpc) is 3.08. The SMILES string of the molecule is CC(C)(C)CC(=O)N1CCCC(Cc2cncc(-c3ncc[nH]3)n2)C1. The Bertz CT molecular complexity index is 705. The van der Waals surface area contributed by atoms with Crippen LogP contribution in [0.25, 0.3) is 11.5 Å². The molecule has 6 nitrogen and oxygen atoms in total. The predicted octanol–water partition coefficient (Wildman–Crippen LogP) is 3.08. The number of likely N-dealkylation sites (tertiary alicyclic amines) is 1. The van der Waals surface area contributed by atoms with Crippen molar-refractivity contribution in [1.82, 2.24) is 24.8 Å². The summed E-state index contributed by atoms with van der Waals surface area (Å²) in [6, 6.07) is 0. The fourth-order valence-corrected chi connectivity index (χ4v) is 3.34. The Labute approximate surface area is 149 Å². The van der Waals surface area contributed by atoms with Gasteiger partial charge in [0.15, 0.2) is 5.82 Å². The molecule has 1 amide bonds. The summed E-state index contributed by atoms with van der Waals surface area (Å²) in [5.41, 5.74) is 1.76. The zero-order valence-electron chi connectivity index (χ0n) is 15.3. The van der Waals surface area contributed by atoms with Gasteiger partial charge in [-0.15, -0.1) is 0 Å². The summed E-state index contributed by atoms with van der Waals surface area (Å²) in [7, 11) is 0. The van der Waals surface area contributed by atoms with Crippen LogP contribution in [0.15, 0.2) is 24.8 Å². The number of aromatic amines is 1. The van der Waals surface area contributed by atoms with Crippen molar-refractivity contribution in [2.45, 2.75) is 46.5 Å². The van der Waals surface area contributed by atoms with Gasteiger partial charge < -0.3 is 9.88 Å². The molecular weight excluding hydrogens is 314 g/mol. The van der Waals surface area contributed by atoms with Gasteiger partial charge in [0, 0.05) is 38.1 Å². The third-order valence-electron chi connectivity index (χ3n) is 4.48. The van der Waals surface area contributed by atoms with Crippen LogP contribution >= 0.6 is 0 Å². The van der Waals surface area contributed by atoms with E-state index in [-0.39, 0.29) is 11.3 Å². The number of H-pyrrole nitrogens is 1. The van der Waals surface area contributed by atoms with Crippen molar-refractivity contribution in [3.8, 4) is 11.5 Å². The van der Waals surface area contributed by atoms with Gasteiger partial charge in [0.25, 0.3) is 0 Å². The molecule has 25 heavy (non-hydrogen) atoms. The molecule has 0 saturated carbocycles. The van der Waals surface area contributed by atoms with Crippen molar-refractivity contribution in [2.24, 2.45) is 11.3 Å². The number of carbonyl (C=O) groups excluding carboxylic acids is 1. The lowest BCUT2D eigenvalue weighted by Gasteiger charge is -2.34. The molecule has 0 aliphatic carbocycles. The van der Waals surface area contributed by atoms with E-state index in [1.165, 1.54) is 0 Å². The van der Waals surface area contributed by atoms with Crippen molar-refractivity contribution in [3.05, 3.63) is 30.5 Å². The Balaban J connectivity index is 1.63. The first-order chi connectivity index (χ1) is 11.9. The quantitative estimate of drug-likeness (QED) is 0.927. The number of imidazole rings is 1. The minimum Gasteiger partial charge on any atom is -0.343 e. The van der Waals surface area contributed by atoms with Crippen LogP contribution in [0.1, 0.15) is 45.7 Å². The summed E-state index contributed by atoms with van der Waals surface area (Å²) in [6.45, 7) is 8.04. The highest BCUT2D eigenvalue weighted by Crippen LogP contribution is 2.25.